The van der Waals surface area contributed by atoms with E-state index in [1.807, 2.05) is 27.7 Å². The first-order valence-electron chi connectivity index (χ1n) is 8.22. The molecule has 0 aromatic carbocycles. The van der Waals surface area contributed by atoms with E-state index < -0.39 is 35.6 Å². The topological polar surface area (TPSA) is 68.4 Å². The maximum absolute atomic E-state index is 13.0. The Kier molecular flexibility index (Phi) is 6.04. The quantitative estimate of drug-likeness (QED) is 0.777. The third-order valence-corrected chi connectivity index (χ3v) is 5.48. The minimum Gasteiger partial charge on any atom is -0.400 e. The Hall–Kier alpha value is -1.52. The number of carbonyl (C=O) groups is 1. The molecule has 1 saturated heterocycles. The van der Waals surface area contributed by atoms with E-state index >= 15 is 0 Å². The van der Waals surface area contributed by atoms with E-state index in [0.717, 1.165) is 17.8 Å². The number of hydrogen-bond acceptors (Lipinski definition) is 5. The molecule has 0 aliphatic carbocycles. The fraction of sp³-hybridized carbons (Fsp3) is 0.529. The molecule has 0 saturated carbocycles. The van der Waals surface area contributed by atoms with E-state index in [4.69, 9.17) is 9.31 Å². The van der Waals surface area contributed by atoms with Gasteiger partial charge in [0.05, 0.1) is 16.8 Å². The van der Waals surface area contributed by atoms with Crippen LogP contribution in [0.25, 0.3) is 6.08 Å². The molecule has 0 bridgehead atoms. The first kappa shape index (κ1) is 21.8. The van der Waals surface area contributed by atoms with Gasteiger partial charge in [0.1, 0.15) is 0 Å². The summed E-state index contributed by atoms with van der Waals surface area (Å²) in [4.78, 5) is 25.5. The molecule has 0 atom stereocenters. The third kappa shape index (κ3) is 5.06. The summed E-state index contributed by atoms with van der Waals surface area (Å²) in [6.07, 6.45) is -2.67. The summed E-state index contributed by atoms with van der Waals surface area (Å²) in [5.41, 5.74) is -2.77. The first-order valence-corrected chi connectivity index (χ1v) is 9.21. The molecule has 1 aromatic heterocycles. The summed E-state index contributed by atoms with van der Waals surface area (Å²) in [6, 6.07) is 0.766. The van der Waals surface area contributed by atoms with Gasteiger partial charge in [0, 0.05) is 24.4 Å². The van der Waals surface area contributed by atoms with Crippen LogP contribution in [0.3, 0.4) is 0 Å². The fourth-order valence-corrected chi connectivity index (χ4v) is 2.92. The number of carbonyl (C=O) groups excluding carboxylic acids is 1. The van der Waals surface area contributed by atoms with Crippen LogP contribution in [0.5, 0.6) is 0 Å². The van der Waals surface area contributed by atoms with Gasteiger partial charge in [-0.05, 0) is 39.2 Å². The summed E-state index contributed by atoms with van der Waals surface area (Å²) in [6.45, 7) is 8.71. The number of aromatic nitrogens is 1. The molecule has 27 heavy (non-hydrogen) atoms. The van der Waals surface area contributed by atoms with Gasteiger partial charge < -0.3 is 14.3 Å². The lowest BCUT2D eigenvalue weighted by atomic mass is 9.78. The van der Waals surface area contributed by atoms with Gasteiger partial charge in [-0.2, -0.15) is 13.2 Å². The van der Waals surface area contributed by atoms with Gasteiger partial charge >= 0.3 is 13.3 Å². The molecule has 1 aromatic rings. The van der Waals surface area contributed by atoms with Crippen molar-refractivity contribution in [2.24, 2.45) is 0 Å². The van der Waals surface area contributed by atoms with Crippen molar-refractivity contribution in [3.63, 3.8) is 0 Å². The minimum absolute atomic E-state index is 0.127. The Balaban J connectivity index is 2.46. The number of pyridine rings is 1. The highest BCUT2D eigenvalue weighted by Crippen LogP contribution is 2.39. The van der Waals surface area contributed by atoms with Crippen molar-refractivity contribution in [2.45, 2.75) is 52.0 Å². The zero-order valence-electron chi connectivity index (χ0n) is 15.7. The lowest BCUT2D eigenvalue weighted by Crippen LogP contribution is -2.41. The van der Waals surface area contributed by atoms with Crippen molar-refractivity contribution in [1.82, 2.24) is 4.98 Å². The zero-order valence-corrected chi connectivity index (χ0v) is 16.5. The monoisotopic (exact) mass is 403 g/mol. The number of H-pyrrole nitrogens is 1. The van der Waals surface area contributed by atoms with Crippen LogP contribution in [0.4, 0.5) is 13.2 Å². The summed E-state index contributed by atoms with van der Waals surface area (Å²) in [5, 5.41) is -0.171. The van der Waals surface area contributed by atoms with Crippen molar-refractivity contribution in [2.75, 3.05) is 5.75 Å². The van der Waals surface area contributed by atoms with Gasteiger partial charge in [-0.3, -0.25) is 9.59 Å². The molecule has 0 amide bonds. The van der Waals surface area contributed by atoms with Crippen molar-refractivity contribution in [1.29, 1.82) is 0 Å². The van der Waals surface area contributed by atoms with Gasteiger partial charge in [0.15, 0.2) is 5.12 Å². The van der Waals surface area contributed by atoms with Crippen LogP contribution in [0.1, 0.15) is 45.7 Å². The number of thioether (sulfide) groups is 1. The maximum atomic E-state index is 13.0. The molecule has 2 rings (SSSR count). The lowest BCUT2D eigenvalue weighted by Gasteiger charge is -2.32. The van der Waals surface area contributed by atoms with Gasteiger partial charge in [-0.1, -0.05) is 17.8 Å². The van der Waals surface area contributed by atoms with Crippen molar-refractivity contribution in [3.8, 4) is 0 Å². The second-order valence-electron chi connectivity index (χ2n) is 7.26. The third-order valence-electron chi connectivity index (χ3n) is 4.60. The smallest absolute Gasteiger partial charge is 0.400 e. The molecule has 0 spiro atoms. The molecule has 148 valence electrons. The van der Waals surface area contributed by atoms with E-state index in [9.17, 15) is 22.8 Å². The van der Waals surface area contributed by atoms with Crippen LogP contribution in [0, 0.1) is 0 Å². The Labute approximate surface area is 159 Å². The molecule has 1 aliphatic rings. The molecule has 0 radical (unpaired) electrons. The first-order chi connectivity index (χ1) is 12.2. The summed E-state index contributed by atoms with van der Waals surface area (Å²) < 4.78 is 50.7. The van der Waals surface area contributed by atoms with E-state index in [2.05, 4.69) is 4.98 Å². The highest BCUT2D eigenvalue weighted by Gasteiger charge is 2.52. The molecule has 10 heteroatoms. The van der Waals surface area contributed by atoms with E-state index in [-0.39, 0.29) is 16.4 Å². The molecular weight excluding hydrogens is 382 g/mol. The summed E-state index contributed by atoms with van der Waals surface area (Å²) in [7, 11) is -0.879. The molecule has 2 heterocycles. The Bertz CT molecular complexity index is 801. The second-order valence-corrected chi connectivity index (χ2v) is 8.41. The Morgan fingerprint density at radius 1 is 1.26 bits per heavy atom. The SMILES string of the molecule is CC(=O)SCC(=Cc1cc(C(F)(F)F)c[nH]c1=O)B1OC(C)(C)C(C)(C)O1. The fourth-order valence-electron chi connectivity index (χ4n) is 2.33. The van der Waals surface area contributed by atoms with Crippen LogP contribution in [-0.2, 0) is 20.3 Å². The average Bonchev–Trinajstić information content (AvgIpc) is 2.72. The van der Waals surface area contributed by atoms with E-state index in [1.165, 1.54) is 13.0 Å². The number of halogens is 3. The van der Waals surface area contributed by atoms with Gasteiger partial charge in [-0.25, -0.2) is 0 Å². The highest BCUT2D eigenvalue weighted by molar-refractivity contribution is 8.13. The average molecular weight is 403 g/mol. The van der Waals surface area contributed by atoms with Crippen molar-refractivity contribution in [3.05, 3.63) is 39.2 Å². The number of hydrogen-bond donors (Lipinski definition) is 1. The van der Waals surface area contributed by atoms with Crippen LogP contribution in [0.2, 0.25) is 0 Å². The summed E-state index contributed by atoms with van der Waals surface area (Å²) >= 11 is 0.960. The predicted molar refractivity (Wildman–Crippen MR) is 99.3 cm³/mol. The predicted octanol–water partition coefficient (Wildman–Crippen LogP) is 3.69. The van der Waals surface area contributed by atoms with Gasteiger partial charge in [0.25, 0.3) is 5.56 Å². The Morgan fingerprint density at radius 3 is 2.30 bits per heavy atom. The number of rotatable bonds is 4. The van der Waals surface area contributed by atoms with Gasteiger partial charge in [0.2, 0.25) is 0 Å². The summed E-state index contributed by atoms with van der Waals surface area (Å²) in [5.74, 6) is 0.127. The highest BCUT2D eigenvalue weighted by atomic mass is 32.2. The van der Waals surface area contributed by atoms with Gasteiger partial charge in [-0.15, -0.1) is 0 Å². The molecule has 0 unspecified atom stereocenters. The minimum atomic E-state index is -4.59. The molecule has 5 nitrogen and oxygen atoms in total. The van der Waals surface area contributed by atoms with Crippen LogP contribution < -0.4 is 5.56 Å². The molecular formula is C17H21BF3NO4S. The largest absolute Gasteiger partial charge is 0.491 e. The number of aromatic amines is 1. The number of alkyl halides is 3. The standard InChI is InChI=1S/C17H21BF3NO4S/c1-10(23)27-9-13(18-25-15(2,3)16(4,5)26-18)7-11-6-12(17(19,20)21)8-22-14(11)24/h6-8H,9H2,1-5H3,(H,22,24). The van der Waals surface area contributed by atoms with Crippen molar-refractivity contribution >= 4 is 30.1 Å². The normalized spacial score (nSPS) is 19.4. The maximum Gasteiger partial charge on any atom is 0.491 e. The van der Waals surface area contributed by atoms with E-state index in [0.29, 0.717) is 11.7 Å². The lowest BCUT2D eigenvalue weighted by molar-refractivity contribution is -0.137. The van der Waals surface area contributed by atoms with Crippen molar-refractivity contribution < 1.29 is 27.3 Å². The molecule has 1 fully saturated rings. The second kappa shape index (κ2) is 7.48. The zero-order chi connectivity index (χ0) is 20.6. The Morgan fingerprint density at radius 2 is 1.81 bits per heavy atom. The molecule has 1 N–H and O–H groups in total. The van der Waals surface area contributed by atoms with Crippen LogP contribution in [0.15, 0.2) is 22.5 Å². The number of nitrogens with one attached hydrogen (secondary N) is 1. The van der Waals surface area contributed by atoms with Crippen LogP contribution in [-0.4, -0.2) is 34.2 Å². The van der Waals surface area contributed by atoms with Crippen LogP contribution >= 0.6 is 11.8 Å². The molecule has 1 aliphatic heterocycles. The van der Waals surface area contributed by atoms with E-state index in [1.54, 1.807) is 0 Å².